The highest BCUT2D eigenvalue weighted by Gasteiger charge is 2.29. The monoisotopic (exact) mass is 265 g/mol. The van der Waals surface area contributed by atoms with Crippen LogP contribution in [0, 0.1) is 5.82 Å². The largest absolute Gasteiger partial charge is 0.315 e. The Kier molecular flexibility index (Phi) is 4.91. The van der Waals surface area contributed by atoms with Crippen molar-refractivity contribution in [2.24, 2.45) is 0 Å². The molecular formula is C15H24FN3. The van der Waals surface area contributed by atoms with Gasteiger partial charge in [-0.2, -0.15) is 0 Å². The number of rotatable bonds is 4. The molecular weight excluding hydrogens is 241 g/mol. The fourth-order valence-electron chi connectivity index (χ4n) is 2.81. The lowest BCUT2D eigenvalue weighted by Gasteiger charge is -2.42. The predicted molar refractivity (Wildman–Crippen MR) is 76.9 cm³/mol. The van der Waals surface area contributed by atoms with E-state index in [4.69, 9.17) is 0 Å². The number of likely N-dealkylation sites (N-methyl/N-ethyl adjacent to an activating group) is 3. The molecule has 1 aromatic rings. The van der Waals surface area contributed by atoms with E-state index in [9.17, 15) is 4.39 Å². The third-order valence-corrected chi connectivity index (χ3v) is 4.13. The topological polar surface area (TPSA) is 18.5 Å². The van der Waals surface area contributed by atoms with Gasteiger partial charge in [-0.05, 0) is 39.2 Å². The highest BCUT2D eigenvalue weighted by atomic mass is 19.1. The standard InChI is InChI=1S/C15H24FN3/c1-17-14(10-12-6-4-5-7-13(12)16)15-11-18(2)8-9-19(15)3/h4-7,14-15,17H,8-11H2,1-3H3. The molecule has 1 heterocycles. The van der Waals surface area contributed by atoms with Gasteiger partial charge in [0, 0.05) is 31.7 Å². The van der Waals surface area contributed by atoms with Gasteiger partial charge in [0.2, 0.25) is 0 Å². The second-order valence-electron chi connectivity index (χ2n) is 5.50. The van der Waals surface area contributed by atoms with Crippen LogP contribution in [-0.2, 0) is 6.42 Å². The third-order valence-electron chi connectivity index (χ3n) is 4.13. The van der Waals surface area contributed by atoms with E-state index in [1.54, 1.807) is 12.1 Å². The minimum absolute atomic E-state index is 0.102. The van der Waals surface area contributed by atoms with Crippen molar-refractivity contribution in [2.75, 3.05) is 40.8 Å². The summed E-state index contributed by atoms with van der Waals surface area (Å²) in [5.74, 6) is -0.102. The maximum atomic E-state index is 13.8. The average molecular weight is 265 g/mol. The van der Waals surface area contributed by atoms with E-state index in [2.05, 4.69) is 29.2 Å². The fourth-order valence-corrected chi connectivity index (χ4v) is 2.81. The molecule has 0 radical (unpaired) electrons. The summed E-state index contributed by atoms with van der Waals surface area (Å²) in [6.45, 7) is 3.19. The lowest BCUT2D eigenvalue weighted by molar-refractivity contribution is 0.0895. The third kappa shape index (κ3) is 3.53. The van der Waals surface area contributed by atoms with Crippen molar-refractivity contribution in [3.8, 4) is 0 Å². The van der Waals surface area contributed by atoms with Crippen LogP contribution in [0.1, 0.15) is 5.56 Å². The number of benzene rings is 1. The smallest absolute Gasteiger partial charge is 0.126 e. The summed E-state index contributed by atoms with van der Waals surface area (Å²) in [6.07, 6.45) is 0.728. The van der Waals surface area contributed by atoms with Crippen molar-refractivity contribution < 1.29 is 4.39 Å². The zero-order valence-corrected chi connectivity index (χ0v) is 12.1. The highest BCUT2D eigenvalue weighted by Crippen LogP contribution is 2.16. The molecule has 2 rings (SSSR count). The normalized spacial score (nSPS) is 23.5. The van der Waals surface area contributed by atoms with Gasteiger partial charge in [-0.15, -0.1) is 0 Å². The summed E-state index contributed by atoms with van der Waals surface area (Å²) < 4.78 is 13.8. The van der Waals surface area contributed by atoms with Gasteiger partial charge in [-0.1, -0.05) is 18.2 Å². The van der Waals surface area contributed by atoms with Crippen LogP contribution in [0.15, 0.2) is 24.3 Å². The molecule has 106 valence electrons. The zero-order chi connectivity index (χ0) is 13.8. The van der Waals surface area contributed by atoms with Crippen LogP contribution in [-0.4, -0.2) is 62.7 Å². The molecule has 0 aliphatic carbocycles. The molecule has 3 nitrogen and oxygen atoms in total. The molecule has 0 saturated carbocycles. The Morgan fingerprint density at radius 3 is 2.74 bits per heavy atom. The first-order valence-electron chi connectivity index (χ1n) is 6.91. The molecule has 0 aromatic heterocycles. The minimum Gasteiger partial charge on any atom is -0.315 e. The van der Waals surface area contributed by atoms with Crippen molar-refractivity contribution >= 4 is 0 Å². The fraction of sp³-hybridized carbons (Fsp3) is 0.600. The molecule has 0 amide bonds. The summed E-state index contributed by atoms with van der Waals surface area (Å²) in [4.78, 5) is 4.72. The van der Waals surface area contributed by atoms with E-state index in [1.165, 1.54) is 0 Å². The number of nitrogens with zero attached hydrogens (tertiary/aromatic N) is 2. The molecule has 4 heteroatoms. The van der Waals surface area contributed by atoms with Crippen LogP contribution in [0.25, 0.3) is 0 Å². The Morgan fingerprint density at radius 2 is 2.05 bits per heavy atom. The quantitative estimate of drug-likeness (QED) is 0.882. The van der Waals surface area contributed by atoms with Crippen LogP contribution in [0.5, 0.6) is 0 Å². The molecule has 1 saturated heterocycles. The van der Waals surface area contributed by atoms with Crippen molar-refractivity contribution in [1.82, 2.24) is 15.1 Å². The van der Waals surface area contributed by atoms with E-state index < -0.39 is 0 Å². The van der Waals surface area contributed by atoms with Crippen LogP contribution >= 0.6 is 0 Å². The summed E-state index contributed by atoms with van der Waals surface area (Å²) in [6, 6.07) is 7.76. The van der Waals surface area contributed by atoms with Gasteiger partial charge in [-0.25, -0.2) is 4.39 Å². The van der Waals surface area contributed by atoms with Crippen molar-refractivity contribution in [3.05, 3.63) is 35.6 Å². The molecule has 1 fully saturated rings. The first-order chi connectivity index (χ1) is 9.11. The van der Waals surface area contributed by atoms with Gasteiger partial charge in [0.1, 0.15) is 5.82 Å². The van der Waals surface area contributed by atoms with Gasteiger partial charge in [0.25, 0.3) is 0 Å². The lowest BCUT2D eigenvalue weighted by atomic mass is 9.96. The lowest BCUT2D eigenvalue weighted by Crippen LogP contribution is -2.58. The van der Waals surface area contributed by atoms with Gasteiger partial charge < -0.3 is 10.2 Å². The Labute approximate surface area is 115 Å². The number of hydrogen-bond donors (Lipinski definition) is 1. The second kappa shape index (κ2) is 6.46. The first kappa shape index (κ1) is 14.4. The van der Waals surface area contributed by atoms with E-state index >= 15 is 0 Å². The summed E-state index contributed by atoms with van der Waals surface area (Å²) in [5, 5.41) is 3.36. The first-order valence-corrected chi connectivity index (χ1v) is 6.91. The Morgan fingerprint density at radius 1 is 1.32 bits per heavy atom. The molecule has 19 heavy (non-hydrogen) atoms. The Hall–Kier alpha value is -0.970. The second-order valence-corrected chi connectivity index (χ2v) is 5.50. The molecule has 1 aliphatic rings. The van der Waals surface area contributed by atoms with Gasteiger partial charge in [0.15, 0.2) is 0 Å². The molecule has 0 bridgehead atoms. The maximum absolute atomic E-state index is 13.8. The van der Waals surface area contributed by atoms with Crippen molar-refractivity contribution in [3.63, 3.8) is 0 Å². The minimum atomic E-state index is -0.102. The van der Waals surface area contributed by atoms with Crippen LogP contribution < -0.4 is 5.32 Å². The molecule has 0 spiro atoms. The van der Waals surface area contributed by atoms with Gasteiger partial charge >= 0.3 is 0 Å². The van der Waals surface area contributed by atoms with Gasteiger partial charge in [-0.3, -0.25) is 4.90 Å². The van der Waals surface area contributed by atoms with Crippen LogP contribution in [0.3, 0.4) is 0 Å². The van der Waals surface area contributed by atoms with E-state index in [1.807, 2.05) is 19.2 Å². The number of halogens is 1. The summed E-state index contributed by atoms with van der Waals surface area (Å²) in [7, 11) is 6.27. The summed E-state index contributed by atoms with van der Waals surface area (Å²) in [5.41, 5.74) is 0.795. The van der Waals surface area contributed by atoms with Gasteiger partial charge in [0.05, 0.1) is 0 Å². The zero-order valence-electron chi connectivity index (χ0n) is 12.1. The molecule has 1 aliphatic heterocycles. The SMILES string of the molecule is CNC(Cc1ccccc1F)C1CN(C)CCN1C. The molecule has 2 atom stereocenters. The molecule has 2 unspecified atom stereocenters. The predicted octanol–water partition coefficient (Wildman–Crippen LogP) is 1.20. The number of piperazine rings is 1. The van der Waals surface area contributed by atoms with Crippen LogP contribution in [0.4, 0.5) is 4.39 Å². The molecule has 1 N–H and O–H groups in total. The Balaban J connectivity index is 2.09. The average Bonchev–Trinajstić information content (AvgIpc) is 2.41. The highest BCUT2D eigenvalue weighted by molar-refractivity contribution is 5.19. The Bertz CT molecular complexity index is 410. The summed E-state index contributed by atoms with van der Waals surface area (Å²) >= 11 is 0. The van der Waals surface area contributed by atoms with E-state index in [-0.39, 0.29) is 11.9 Å². The van der Waals surface area contributed by atoms with Crippen molar-refractivity contribution in [1.29, 1.82) is 0 Å². The van der Waals surface area contributed by atoms with Crippen molar-refractivity contribution in [2.45, 2.75) is 18.5 Å². The number of nitrogens with one attached hydrogen (secondary N) is 1. The number of hydrogen-bond acceptors (Lipinski definition) is 3. The molecule has 1 aromatic carbocycles. The van der Waals surface area contributed by atoms with Crippen LogP contribution in [0.2, 0.25) is 0 Å². The van der Waals surface area contributed by atoms with E-state index in [0.717, 1.165) is 31.6 Å². The maximum Gasteiger partial charge on any atom is 0.126 e. The van der Waals surface area contributed by atoms with E-state index in [0.29, 0.717) is 6.04 Å².